The summed E-state index contributed by atoms with van der Waals surface area (Å²) in [4.78, 5) is 4.34. The van der Waals surface area contributed by atoms with Gasteiger partial charge in [-0.1, -0.05) is 48.9 Å². The Hall–Kier alpha value is -3.05. The second-order valence-corrected chi connectivity index (χ2v) is 6.96. The Morgan fingerprint density at radius 2 is 1.72 bits per heavy atom. The van der Waals surface area contributed by atoms with Crippen LogP contribution in [0.1, 0.15) is 31.2 Å². The number of phenols is 2. The Morgan fingerprint density at radius 3 is 2.55 bits per heavy atom. The summed E-state index contributed by atoms with van der Waals surface area (Å²) in [6.45, 7) is 1.75. The van der Waals surface area contributed by atoms with Crippen molar-refractivity contribution in [2.45, 2.75) is 32.2 Å². The van der Waals surface area contributed by atoms with E-state index in [9.17, 15) is 10.2 Å². The molecule has 3 aromatic carbocycles. The minimum absolute atomic E-state index is 0.107. The number of nitrogens with one attached hydrogen (secondary N) is 1. The van der Waals surface area contributed by atoms with Gasteiger partial charge in [-0.2, -0.15) is 0 Å². The van der Waals surface area contributed by atoms with E-state index in [-0.39, 0.29) is 11.5 Å². The minimum Gasteiger partial charge on any atom is -0.507 e. The summed E-state index contributed by atoms with van der Waals surface area (Å²) in [5.74, 6) is 1.15. The summed E-state index contributed by atoms with van der Waals surface area (Å²) >= 11 is 0. The van der Waals surface area contributed by atoms with Crippen LogP contribution in [0.2, 0.25) is 0 Å². The van der Waals surface area contributed by atoms with Gasteiger partial charge in [0, 0.05) is 35.2 Å². The SMILES string of the molecule is COc1ccccc1CNCCCCCC=Nc1cc(O)c2ccccc2c1O. The molecule has 0 spiro atoms. The maximum Gasteiger partial charge on any atom is 0.149 e. The number of aliphatic imine (C=N–C) groups is 1. The van der Waals surface area contributed by atoms with Crippen LogP contribution in [0.5, 0.6) is 17.2 Å². The number of aromatic hydroxyl groups is 2. The number of benzene rings is 3. The third-order valence-electron chi connectivity index (χ3n) is 4.90. The average molecular weight is 392 g/mol. The summed E-state index contributed by atoms with van der Waals surface area (Å²) < 4.78 is 5.36. The lowest BCUT2D eigenvalue weighted by molar-refractivity contribution is 0.407. The summed E-state index contributed by atoms with van der Waals surface area (Å²) in [7, 11) is 1.69. The molecule has 0 fully saturated rings. The van der Waals surface area contributed by atoms with E-state index in [4.69, 9.17) is 4.74 Å². The monoisotopic (exact) mass is 392 g/mol. The highest BCUT2D eigenvalue weighted by molar-refractivity contribution is 5.97. The molecule has 0 heterocycles. The number of unbranched alkanes of at least 4 members (excludes halogenated alkanes) is 3. The van der Waals surface area contributed by atoms with Gasteiger partial charge in [0.15, 0.2) is 0 Å². The third-order valence-corrected chi connectivity index (χ3v) is 4.90. The van der Waals surface area contributed by atoms with E-state index in [1.165, 1.54) is 11.6 Å². The molecular weight excluding hydrogens is 364 g/mol. The molecule has 29 heavy (non-hydrogen) atoms. The van der Waals surface area contributed by atoms with Crippen LogP contribution in [-0.4, -0.2) is 30.1 Å². The molecule has 0 saturated carbocycles. The molecule has 0 unspecified atom stereocenters. The number of para-hydroxylation sites is 1. The van der Waals surface area contributed by atoms with Crippen molar-refractivity contribution in [2.75, 3.05) is 13.7 Å². The predicted octanol–water partition coefficient (Wildman–Crippen LogP) is 5.31. The lowest BCUT2D eigenvalue weighted by Crippen LogP contribution is -2.15. The van der Waals surface area contributed by atoms with E-state index in [1.807, 2.05) is 36.5 Å². The van der Waals surface area contributed by atoms with Gasteiger partial charge in [-0.15, -0.1) is 0 Å². The summed E-state index contributed by atoms with van der Waals surface area (Å²) in [5.41, 5.74) is 1.57. The zero-order chi connectivity index (χ0) is 20.5. The topological polar surface area (TPSA) is 74.1 Å². The first-order valence-corrected chi connectivity index (χ1v) is 9.99. The Kier molecular flexibility index (Phi) is 7.47. The van der Waals surface area contributed by atoms with Crippen LogP contribution in [0.15, 0.2) is 59.6 Å². The fourth-order valence-corrected chi connectivity index (χ4v) is 3.32. The summed E-state index contributed by atoms with van der Waals surface area (Å²) in [6.07, 6.45) is 5.86. The molecule has 3 N–H and O–H groups in total. The Morgan fingerprint density at radius 1 is 0.966 bits per heavy atom. The number of hydrogen-bond acceptors (Lipinski definition) is 5. The molecule has 0 saturated heterocycles. The van der Waals surface area contributed by atoms with Gasteiger partial charge < -0.3 is 20.3 Å². The Balaban J connectivity index is 1.38. The summed E-state index contributed by atoms with van der Waals surface area (Å²) in [6, 6.07) is 16.8. The average Bonchev–Trinajstić information content (AvgIpc) is 2.76. The molecule has 0 aromatic heterocycles. The zero-order valence-corrected chi connectivity index (χ0v) is 16.8. The maximum absolute atomic E-state index is 10.4. The molecule has 0 atom stereocenters. The number of hydrogen-bond donors (Lipinski definition) is 3. The highest BCUT2D eigenvalue weighted by Crippen LogP contribution is 2.39. The highest BCUT2D eigenvalue weighted by Gasteiger charge is 2.09. The molecule has 0 radical (unpaired) electrons. The largest absolute Gasteiger partial charge is 0.507 e. The van der Waals surface area contributed by atoms with Crippen LogP contribution in [0.3, 0.4) is 0 Å². The van der Waals surface area contributed by atoms with Gasteiger partial charge in [-0.05, 0) is 31.9 Å². The van der Waals surface area contributed by atoms with Crippen LogP contribution in [0.4, 0.5) is 5.69 Å². The van der Waals surface area contributed by atoms with E-state index in [1.54, 1.807) is 19.2 Å². The van der Waals surface area contributed by atoms with Crippen molar-refractivity contribution in [1.29, 1.82) is 0 Å². The standard InChI is InChI=1S/C24H28N2O3/c1-29-23-13-7-4-10-18(23)17-25-14-8-2-3-9-15-26-21-16-22(27)19-11-5-6-12-20(19)24(21)28/h4-7,10-13,15-16,25,27-28H,2-3,8-9,14,17H2,1H3. The molecule has 0 amide bonds. The second kappa shape index (κ2) is 10.5. The highest BCUT2D eigenvalue weighted by atomic mass is 16.5. The molecule has 3 rings (SSSR count). The molecule has 0 aliphatic heterocycles. The number of ether oxygens (including phenoxy) is 1. The van der Waals surface area contributed by atoms with Crippen molar-refractivity contribution in [2.24, 2.45) is 4.99 Å². The van der Waals surface area contributed by atoms with Gasteiger partial charge in [0.2, 0.25) is 0 Å². The van der Waals surface area contributed by atoms with Crippen molar-refractivity contribution in [1.82, 2.24) is 5.32 Å². The van der Waals surface area contributed by atoms with Crippen LogP contribution in [-0.2, 0) is 6.54 Å². The summed E-state index contributed by atoms with van der Waals surface area (Å²) in [5, 5.41) is 25.2. The minimum atomic E-state index is 0.107. The first-order chi connectivity index (χ1) is 14.2. The van der Waals surface area contributed by atoms with E-state index in [0.717, 1.165) is 44.5 Å². The van der Waals surface area contributed by atoms with Crippen molar-refractivity contribution < 1.29 is 14.9 Å². The Labute approximate surface area is 171 Å². The van der Waals surface area contributed by atoms with Gasteiger partial charge >= 0.3 is 0 Å². The van der Waals surface area contributed by atoms with Gasteiger partial charge in [-0.3, -0.25) is 4.99 Å². The smallest absolute Gasteiger partial charge is 0.149 e. The van der Waals surface area contributed by atoms with Gasteiger partial charge in [0.05, 0.1) is 7.11 Å². The molecule has 152 valence electrons. The van der Waals surface area contributed by atoms with E-state index < -0.39 is 0 Å². The molecule has 0 aliphatic rings. The zero-order valence-electron chi connectivity index (χ0n) is 16.8. The van der Waals surface area contributed by atoms with Gasteiger partial charge in [0.25, 0.3) is 0 Å². The van der Waals surface area contributed by atoms with E-state index in [0.29, 0.717) is 16.5 Å². The second-order valence-electron chi connectivity index (χ2n) is 6.96. The third kappa shape index (κ3) is 5.48. The van der Waals surface area contributed by atoms with Gasteiger partial charge in [0.1, 0.15) is 22.9 Å². The molecule has 5 heteroatoms. The molecule has 0 bridgehead atoms. The van der Waals surface area contributed by atoms with E-state index >= 15 is 0 Å². The number of phenolic OH excluding ortho intramolecular Hbond substituents is 2. The van der Waals surface area contributed by atoms with Crippen LogP contribution in [0, 0.1) is 0 Å². The fourth-order valence-electron chi connectivity index (χ4n) is 3.32. The number of rotatable bonds is 10. The van der Waals surface area contributed by atoms with Crippen LogP contribution >= 0.6 is 0 Å². The first-order valence-electron chi connectivity index (χ1n) is 9.99. The Bertz CT molecular complexity index is 969. The fraction of sp³-hybridized carbons (Fsp3) is 0.292. The van der Waals surface area contributed by atoms with E-state index in [2.05, 4.69) is 16.4 Å². The molecule has 3 aromatic rings. The lowest BCUT2D eigenvalue weighted by Gasteiger charge is -2.09. The number of fused-ring (bicyclic) bond motifs is 1. The number of methoxy groups -OCH3 is 1. The normalized spacial score (nSPS) is 11.3. The van der Waals surface area contributed by atoms with Crippen molar-refractivity contribution >= 4 is 22.7 Å². The quantitative estimate of drug-likeness (QED) is 0.248. The van der Waals surface area contributed by atoms with Crippen LogP contribution < -0.4 is 10.1 Å². The first kappa shape index (κ1) is 20.7. The lowest BCUT2D eigenvalue weighted by atomic mass is 10.1. The van der Waals surface area contributed by atoms with Crippen molar-refractivity contribution in [3.8, 4) is 17.2 Å². The van der Waals surface area contributed by atoms with Crippen LogP contribution in [0.25, 0.3) is 10.8 Å². The van der Waals surface area contributed by atoms with Crippen molar-refractivity contribution in [3.05, 3.63) is 60.2 Å². The number of nitrogens with zero attached hydrogens (tertiary/aromatic N) is 1. The molecular formula is C24H28N2O3. The molecule has 0 aliphatic carbocycles. The van der Waals surface area contributed by atoms with Gasteiger partial charge in [-0.25, -0.2) is 0 Å². The molecule has 5 nitrogen and oxygen atoms in total. The van der Waals surface area contributed by atoms with Crippen molar-refractivity contribution in [3.63, 3.8) is 0 Å². The maximum atomic E-state index is 10.4. The predicted molar refractivity (Wildman–Crippen MR) is 119 cm³/mol.